The lowest BCUT2D eigenvalue weighted by atomic mass is 9.87. The first-order valence-corrected chi connectivity index (χ1v) is 6.82. The second-order valence-corrected chi connectivity index (χ2v) is 5.25. The van der Waals surface area contributed by atoms with Gasteiger partial charge in [-0.2, -0.15) is 0 Å². The molecule has 1 rings (SSSR count). The second kappa shape index (κ2) is 7.24. The summed E-state index contributed by atoms with van der Waals surface area (Å²) in [7, 11) is 0. The Labute approximate surface area is 108 Å². The third-order valence-corrected chi connectivity index (χ3v) is 3.53. The molecule has 3 N–H and O–H groups in total. The maximum atomic E-state index is 11.7. The standard InChI is InChI=1S/C13H24N2O3/c1-3-4-11(12(16)17)15-13(18)14-10-7-5-9(2)6-8-10/h9-11H,3-8H2,1-2H3,(H,16,17)(H2,14,15,18)/t9?,10?,11-/m0/s1. The summed E-state index contributed by atoms with van der Waals surface area (Å²) in [4.78, 5) is 22.6. The molecule has 0 unspecified atom stereocenters. The summed E-state index contributed by atoms with van der Waals surface area (Å²) in [6.45, 7) is 4.12. The Morgan fingerprint density at radius 1 is 1.28 bits per heavy atom. The number of carbonyl (C=O) groups is 2. The number of amides is 2. The molecule has 1 aliphatic rings. The van der Waals surface area contributed by atoms with E-state index in [2.05, 4.69) is 17.6 Å². The molecular weight excluding hydrogens is 232 g/mol. The van der Waals surface area contributed by atoms with Crippen molar-refractivity contribution in [1.82, 2.24) is 10.6 Å². The van der Waals surface area contributed by atoms with Crippen molar-refractivity contribution in [3.8, 4) is 0 Å². The Morgan fingerprint density at radius 2 is 1.89 bits per heavy atom. The summed E-state index contributed by atoms with van der Waals surface area (Å²) in [5.74, 6) is -0.234. The van der Waals surface area contributed by atoms with Crippen molar-refractivity contribution in [3.05, 3.63) is 0 Å². The van der Waals surface area contributed by atoms with E-state index in [1.807, 2.05) is 6.92 Å². The maximum Gasteiger partial charge on any atom is 0.326 e. The van der Waals surface area contributed by atoms with E-state index >= 15 is 0 Å². The molecule has 5 nitrogen and oxygen atoms in total. The molecule has 0 radical (unpaired) electrons. The van der Waals surface area contributed by atoms with Crippen LogP contribution in [0.5, 0.6) is 0 Å². The van der Waals surface area contributed by atoms with Gasteiger partial charge in [-0.25, -0.2) is 9.59 Å². The highest BCUT2D eigenvalue weighted by Gasteiger charge is 2.22. The van der Waals surface area contributed by atoms with Crippen LogP contribution < -0.4 is 10.6 Å². The average molecular weight is 256 g/mol. The summed E-state index contributed by atoms with van der Waals surface area (Å²) < 4.78 is 0. The van der Waals surface area contributed by atoms with Gasteiger partial charge in [0, 0.05) is 6.04 Å². The molecule has 0 bridgehead atoms. The van der Waals surface area contributed by atoms with E-state index in [4.69, 9.17) is 5.11 Å². The number of aliphatic carboxylic acids is 1. The molecule has 0 saturated heterocycles. The van der Waals surface area contributed by atoms with Crippen LogP contribution in [0.25, 0.3) is 0 Å². The van der Waals surface area contributed by atoms with Crippen LogP contribution >= 0.6 is 0 Å². The number of carboxylic acids is 1. The first-order chi connectivity index (χ1) is 8.52. The van der Waals surface area contributed by atoms with E-state index < -0.39 is 12.0 Å². The minimum atomic E-state index is -0.968. The van der Waals surface area contributed by atoms with Crippen LogP contribution in [0.3, 0.4) is 0 Å². The molecule has 0 aliphatic heterocycles. The van der Waals surface area contributed by atoms with Crippen molar-refractivity contribution in [3.63, 3.8) is 0 Å². The van der Waals surface area contributed by atoms with Crippen molar-refractivity contribution in [2.75, 3.05) is 0 Å². The van der Waals surface area contributed by atoms with Crippen molar-refractivity contribution < 1.29 is 14.7 Å². The molecule has 2 amide bonds. The molecule has 104 valence electrons. The lowest BCUT2D eigenvalue weighted by Gasteiger charge is -2.27. The summed E-state index contributed by atoms with van der Waals surface area (Å²) in [6.07, 6.45) is 5.42. The van der Waals surface area contributed by atoms with Gasteiger partial charge in [0.15, 0.2) is 0 Å². The molecule has 0 spiro atoms. The third kappa shape index (κ3) is 4.94. The largest absolute Gasteiger partial charge is 0.480 e. The Balaban J connectivity index is 2.33. The van der Waals surface area contributed by atoms with Crippen molar-refractivity contribution in [1.29, 1.82) is 0 Å². The van der Waals surface area contributed by atoms with Crippen LogP contribution in [0, 0.1) is 5.92 Å². The number of rotatable bonds is 5. The Bertz CT molecular complexity index is 286. The lowest BCUT2D eigenvalue weighted by Crippen LogP contribution is -2.49. The maximum absolute atomic E-state index is 11.7. The van der Waals surface area contributed by atoms with E-state index in [1.165, 1.54) is 0 Å². The van der Waals surface area contributed by atoms with Crippen molar-refractivity contribution in [2.45, 2.75) is 64.5 Å². The zero-order chi connectivity index (χ0) is 13.5. The highest BCUT2D eigenvalue weighted by atomic mass is 16.4. The van der Waals surface area contributed by atoms with Gasteiger partial charge in [-0.1, -0.05) is 20.3 Å². The van der Waals surface area contributed by atoms with Crippen molar-refractivity contribution >= 4 is 12.0 Å². The van der Waals surface area contributed by atoms with Crippen LogP contribution in [0.15, 0.2) is 0 Å². The van der Waals surface area contributed by atoms with E-state index in [9.17, 15) is 9.59 Å². The minimum Gasteiger partial charge on any atom is -0.480 e. The van der Waals surface area contributed by atoms with Gasteiger partial charge >= 0.3 is 12.0 Å². The van der Waals surface area contributed by atoms with Crippen LogP contribution in [-0.2, 0) is 4.79 Å². The van der Waals surface area contributed by atoms with Gasteiger partial charge in [0.2, 0.25) is 0 Å². The SMILES string of the molecule is CCC[C@H](NC(=O)NC1CCC(C)CC1)C(=O)O. The topological polar surface area (TPSA) is 78.4 Å². The predicted octanol–water partition coefficient (Wildman–Crippen LogP) is 2.12. The molecule has 1 aliphatic carbocycles. The molecule has 18 heavy (non-hydrogen) atoms. The number of carboxylic acid groups (broad SMARTS) is 1. The number of nitrogens with one attached hydrogen (secondary N) is 2. The monoisotopic (exact) mass is 256 g/mol. The summed E-state index contributed by atoms with van der Waals surface area (Å²) >= 11 is 0. The normalized spacial score (nSPS) is 25.2. The van der Waals surface area contributed by atoms with Crippen molar-refractivity contribution in [2.24, 2.45) is 5.92 Å². The predicted molar refractivity (Wildman–Crippen MR) is 69.4 cm³/mol. The number of urea groups is 1. The number of hydrogen-bond donors (Lipinski definition) is 3. The average Bonchev–Trinajstić information content (AvgIpc) is 2.31. The summed E-state index contributed by atoms with van der Waals surface area (Å²) in [5, 5.41) is 14.3. The fourth-order valence-electron chi connectivity index (χ4n) is 2.34. The second-order valence-electron chi connectivity index (χ2n) is 5.25. The van der Waals surface area contributed by atoms with Gasteiger partial charge in [-0.05, 0) is 38.0 Å². The fourth-order valence-corrected chi connectivity index (χ4v) is 2.34. The molecule has 0 aromatic heterocycles. The zero-order valence-corrected chi connectivity index (χ0v) is 11.2. The van der Waals surface area contributed by atoms with E-state index in [0.717, 1.165) is 38.0 Å². The Hall–Kier alpha value is -1.26. The highest BCUT2D eigenvalue weighted by molar-refractivity contribution is 5.82. The fraction of sp³-hybridized carbons (Fsp3) is 0.846. The van der Waals surface area contributed by atoms with Crippen LogP contribution in [0.4, 0.5) is 4.79 Å². The molecular formula is C13H24N2O3. The lowest BCUT2D eigenvalue weighted by molar-refractivity contribution is -0.139. The first-order valence-electron chi connectivity index (χ1n) is 6.82. The van der Waals surface area contributed by atoms with Crippen LogP contribution in [0.1, 0.15) is 52.4 Å². The van der Waals surface area contributed by atoms with E-state index in [-0.39, 0.29) is 12.1 Å². The van der Waals surface area contributed by atoms with Gasteiger partial charge in [-0.15, -0.1) is 0 Å². The van der Waals surface area contributed by atoms with Gasteiger partial charge in [0.05, 0.1) is 0 Å². The summed E-state index contributed by atoms with van der Waals surface area (Å²) in [6, 6.07) is -0.940. The molecule has 1 atom stereocenters. The third-order valence-electron chi connectivity index (χ3n) is 3.53. The van der Waals surface area contributed by atoms with Crippen LogP contribution in [0.2, 0.25) is 0 Å². The van der Waals surface area contributed by atoms with Gasteiger partial charge in [0.1, 0.15) is 6.04 Å². The number of hydrogen-bond acceptors (Lipinski definition) is 2. The Morgan fingerprint density at radius 3 is 2.39 bits per heavy atom. The Kier molecular flexibility index (Phi) is 5.95. The highest BCUT2D eigenvalue weighted by Crippen LogP contribution is 2.23. The van der Waals surface area contributed by atoms with E-state index in [1.54, 1.807) is 0 Å². The molecule has 0 aromatic carbocycles. The minimum absolute atomic E-state index is 0.192. The summed E-state index contributed by atoms with van der Waals surface area (Å²) in [5.41, 5.74) is 0. The van der Waals surface area contributed by atoms with Crippen LogP contribution in [-0.4, -0.2) is 29.2 Å². The zero-order valence-electron chi connectivity index (χ0n) is 11.2. The van der Waals surface area contributed by atoms with Gasteiger partial charge < -0.3 is 15.7 Å². The number of carbonyl (C=O) groups excluding carboxylic acids is 1. The van der Waals surface area contributed by atoms with Gasteiger partial charge in [0.25, 0.3) is 0 Å². The van der Waals surface area contributed by atoms with Gasteiger partial charge in [-0.3, -0.25) is 0 Å². The molecule has 5 heteroatoms. The first kappa shape index (κ1) is 14.8. The molecule has 0 heterocycles. The molecule has 0 aromatic rings. The smallest absolute Gasteiger partial charge is 0.326 e. The molecule has 1 fully saturated rings. The quantitative estimate of drug-likeness (QED) is 0.705. The molecule has 1 saturated carbocycles. The van der Waals surface area contributed by atoms with E-state index in [0.29, 0.717) is 6.42 Å².